The van der Waals surface area contributed by atoms with Gasteiger partial charge in [0.1, 0.15) is 11.6 Å². The van der Waals surface area contributed by atoms with Crippen molar-refractivity contribution in [1.29, 1.82) is 5.26 Å². The van der Waals surface area contributed by atoms with Crippen molar-refractivity contribution in [3.05, 3.63) is 237 Å². The van der Waals surface area contributed by atoms with Crippen molar-refractivity contribution in [1.82, 2.24) is 53.2 Å². The number of fused-ring (bicyclic) bond motifs is 12. The first kappa shape index (κ1) is 43.3. The average molecular weight is 999 g/mol. The van der Waals surface area contributed by atoms with E-state index >= 15 is 0 Å². The predicted molar refractivity (Wildman–Crippen MR) is 309 cm³/mol. The van der Waals surface area contributed by atoms with E-state index in [1.807, 2.05) is 122 Å². The van der Waals surface area contributed by atoms with Crippen molar-refractivity contribution in [2.45, 2.75) is 0 Å². The second kappa shape index (κ2) is 16.9. The van der Waals surface area contributed by atoms with Crippen LogP contribution >= 0.6 is 0 Å². The number of nitriles is 1. The monoisotopic (exact) mass is 998 g/mol. The lowest BCUT2D eigenvalue weighted by Crippen LogP contribution is -2.17. The van der Waals surface area contributed by atoms with Crippen molar-refractivity contribution in [3.8, 4) is 63.0 Å². The molecule has 0 atom stereocenters. The van der Waals surface area contributed by atoms with E-state index in [2.05, 4.69) is 134 Å². The van der Waals surface area contributed by atoms with Crippen LogP contribution in [0.4, 0.5) is 0 Å². The first-order valence-electron chi connectivity index (χ1n) is 25.6. The van der Waals surface area contributed by atoms with E-state index in [0.717, 1.165) is 98.4 Å². The smallest absolute Gasteiger partial charge is 0.168 e. The van der Waals surface area contributed by atoms with Crippen molar-refractivity contribution < 1.29 is 0 Å². The maximum Gasteiger partial charge on any atom is 0.168 e. The zero-order chi connectivity index (χ0) is 51.4. The molecule has 16 aromatic rings. The molecule has 12 nitrogen and oxygen atoms in total. The van der Waals surface area contributed by atoms with E-state index in [0.29, 0.717) is 51.3 Å². The molecule has 0 saturated heterocycles. The van der Waals surface area contributed by atoms with E-state index in [1.165, 1.54) is 0 Å². The summed E-state index contributed by atoms with van der Waals surface area (Å²) in [4.78, 5) is 35.9. The number of rotatable bonds is 7. The third-order valence-corrected chi connectivity index (χ3v) is 15.2. The lowest BCUT2D eigenvalue weighted by molar-refractivity contribution is 1.01. The molecule has 9 heterocycles. The standard InChI is InChI=1S/C66H38N12/c67-35-50-60(75-51-23-11-7-19-42(51)46-27-31-68-36-55(46)75)59(66-73-64(40-15-3-1-4-16-40)72-65(74-66)41-17-5-2-6-18-41)62(77-53-25-13-9-21-44(53)48-29-33-70-38-57(48)77)63(78-54-26-14-10-22-45(54)49-30-34-71-39-58(49)78)61(50)76-52-24-12-8-20-43(52)47-28-32-69-37-56(47)76/h1-34,36-39H. The Morgan fingerprint density at radius 2 is 0.590 bits per heavy atom. The van der Waals surface area contributed by atoms with Gasteiger partial charge in [0, 0.05) is 79.0 Å². The summed E-state index contributed by atoms with van der Waals surface area (Å²) < 4.78 is 9.02. The van der Waals surface area contributed by atoms with Gasteiger partial charge in [-0.25, -0.2) is 15.0 Å². The quantitative estimate of drug-likeness (QED) is 0.154. The zero-order valence-electron chi connectivity index (χ0n) is 41.3. The number of nitrogens with zero attached hydrogens (tertiary/aromatic N) is 12. The molecule has 0 radical (unpaired) electrons. The fourth-order valence-electron chi connectivity index (χ4n) is 12.0. The van der Waals surface area contributed by atoms with Gasteiger partial charge in [-0.3, -0.25) is 19.9 Å². The van der Waals surface area contributed by atoms with Crippen LogP contribution in [0.5, 0.6) is 0 Å². The molecule has 0 amide bonds. The van der Waals surface area contributed by atoms with Gasteiger partial charge in [0.2, 0.25) is 0 Å². The summed E-state index contributed by atoms with van der Waals surface area (Å²) in [7, 11) is 0. The lowest BCUT2D eigenvalue weighted by Gasteiger charge is -2.28. The molecule has 78 heavy (non-hydrogen) atoms. The van der Waals surface area contributed by atoms with Crippen LogP contribution in [-0.2, 0) is 0 Å². The molecule has 12 heteroatoms. The van der Waals surface area contributed by atoms with Crippen LogP contribution in [0.2, 0.25) is 0 Å². The van der Waals surface area contributed by atoms with Crippen LogP contribution in [-0.4, -0.2) is 53.2 Å². The molecule has 0 spiro atoms. The van der Waals surface area contributed by atoms with Crippen LogP contribution in [0.25, 0.3) is 144 Å². The van der Waals surface area contributed by atoms with Gasteiger partial charge >= 0.3 is 0 Å². The Hall–Kier alpha value is -11.2. The minimum atomic E-state index is 0.337. The highest BCUT2D eigenvalue weighted by Crippen LogP contribution is 2.51. The normalized spacial score (nSPS) is 11.8. The molecule has 7 aromatic carbocycles. The fraction of sp³-hybridized carbons (Fsp3) is 0. The van der Waals surface area contributed by atoms with E-state index in [1.54, 1.807) is 0 Å². The van der Waals surface area contributed by atoms with Crippen LogP contribution in [0, 0.1) is 11.3 Å². The number of hydrogen-bond acceptors (Lipinski definition) is 8. The first-order chi connectivity index (χ1) is 38.7. The largest absolute Gasteiger partial charge is 0.305 e. The molecule has 0 saturated carbocycles. The van der Waals surface area contributed by atoms with Crippen LogP contribution < -0.4 is 0 Å². The highest BCUT2D eigenvalue weighted by molar-refractivity contribution is 6.16. The average Bonchev–Trinajstić information content (AvgIpc) is 4.34. The van der Waals surface area contributed by atoms with E-state index in [9.17, 15) is 5.26 Å². The van der Waals surface area contributed by atoms with Crippen molar-refractivity contribution in [3.63, 3.8) is 0 Å². The van der Waals surface area contributed by atoms with Gasteiger partial charge in [-0.1, -0.05) is 133 Å². The molecule has 0 unspecified atom stereocenters. The van der Waals surface area contributed by atoms with Gasteiger partial charge in [-0.2, -0.15) is 5.26 Å². The van der Waals surface area contributed by atoms with Gasteiger partial charge in [-0.15, -0.1) is 0 Å². The number of hydrogen-bond donors (Lipinski definition) is 0. The molecule has 16 rings (SSSR count). The summed E-state index contributed by atoms with van der Waals surface area (Å²) >= 11 is 0. The van der Waals surface area contributed by atoms with Gasteiger partial charge in [0.05, 0.1) is 97.2 Å². The Morgan fingerprint density at radius 1 is 0.282 bits per heavy atom. The second-order valence-electron chi connectivity index (χ2n) is 19.3. The second-order valence-corrected chi connectivity index (χ2v) is 19.3. The summed E-state index contributed by atoms with van der Waals surface area (Å²) in [6, 6.07) is 64.8. The summed E-state index contributed by atoms with van der Waals surface area (Å²) in [6.07, 6.45) is 15.0. The molecule has 0 aliphatic rings. The Bertz CT molecular complexity index is 4910. The SMILES string of the molecule is N#Cc1c(-n2c3ccccc3c3ccncc32)c(-c2nc(-c3ccccc3)nc(-c3ccccc3)n2)c(-n2c3ccccc3c3ccncc32)c(-n2c3ccccc3c3ccncc32)c1-n1c2ccccc2c2ccncc21. The summed E-state index contributed by atoms with van der Waals surface area (Å²) in [5.74, 6) is 1.26. The highest BCUT2D eigenvalue weighted by atomic mass is 15.1. The summed E-state index contributed by atoms with van der Waals surface area (Å²) in [5.41, 5.74) is 11.8. The van der Waals surface area contributed by atoms with Crippen molar-refractivity contribution in [2.75, 3.05) is 0 Å². The van der Waals surface area contributed by atoms with Crippen molar-refractivity contribution in [2.24, 2.45) is 0 Å². The molecule has 0 N–H and O–H groups in total. The molecule has 9 aromatic heterocycles. The summed E-state index contributed by atoms with van der Waals surface area (Å²) in [5, 5.41) is 20.8. The number of aromatic nitrogens is 11. The predicted octanol–water partition coefficient (Wildman–Crippen LogP) is 14.7. The fourth-order valence-corrected chi connectivity index (χ4v) is 12.0. The van der Waals surface area contributed by atoms with Gasteiger partial charge in [-0.05, 0) is 48.5 Å². The Balaban J connectivity index is 1.27. The maximum atomic E-state index is 12.8. The van der Waals surface area contributed by atoms with Gasteiger partial charge in [0.15, 0.2) is 17.5 Å². The number of para-hydroxylation sites is 4. The molecular formula is C66H38N12. The van der Waals surface area contributed by atoms with Gasteiger partial charge < -0.3 is 18.3 Å². The zero-order valence-corrected chi connectivity index (χ0v) is 41.3. The van der Waals surface area contributed by atoms with Crippen molar-refractivity contribution >= 4 is 87.2 Å². The van der Waals surface area contributed by atoms with Gasteiger partial charge in [0.25, 0.3) is 0 Å². The third-order valence-electron chi connectivity index (χ3n) is 15.2. The van der Waals surface area contributed by atoms with E-state index in [4.69, 9.17) is 34.9 Å². The van der Waals surface area contributed by atoms with Crippen LogP contribution in [0.15, 0.2) is 232 Å². The van der Waals surface area contributed by atoms with Crippen LogP contribution in [0.1, 0.15) is 5.56 Å². The number of benzene rings is 7. The molecule has 0 bridgehead atoms. The molecule has 0 fully saturated rings. The Labute approximate surface area is 443 Å². The Kier molecular flexibility index (Phi) is 9.39. The maximum absolute atomic E-state index is 12.8. The molecule has 0 aliphatic heterocycles. The van der Waals surface area contributed by atoms with Crippen LogP contribution in [0.3, 0.4) is 0 Å². The van der Waals surface area contributed by atoms with E-state index < -0.39 is 0 Å². The molecule has 362 valence electrons. The number of pyridine rings is 4. The topological polar surface area (TPSA) is 134 Å². The third kappa shape index (κ3) is 6.18. The van der Waals surface area contributed by atoms with E-state index in [-0.39, 0.29) is 0 Å². The Morgan fingerprint density at radius 3 is 0.974 bits per heavy atom. The lowest BCUT2D eigenvalue weighted by atomic mass is 9.97. The minimum absolute atomic E-state index is 0.337. The first-order valence-corrected chi connectivity index (χ1v) is 25.6. The molecular weight excluding hydrogens is 961 g/mol. The molecule has 0 aliphatic carbocycles. The summed E-state index contributed by atoms with van der Waals surface area (Å²) in [6.45, 7) is 0. The minimum Gasteiger partial charge on any atom is -0.305 e. The highest BCUT2D eigenvalue weighted by Gasteiger charge is 2.36.